The molecule has 1 amide bonds. The lowest BCUT2D eigenvalue weighted by molar-refractivity contribution is -0.385. The van der Waals surface area contributed by atoms with Gasteiger partial charge in [-0.3, -0.25) is 24.5 Å². The average molecular weight is 310 g/mol. The van der Waals surface area contributed by atoms with Gasteiger partial charge in [0, 0.05) is 13.1 Å². The lowest BCUT2D eigenvalue weighted by atomic mass is 10.2. The number of ether oxygens (including phenoxy) is 2. The number of methoxy groups -OCH3 is 1. The topological polar surface area (TPSA) is 116 Å². The van der Waals surface area contributed by atoms with Crippen molar-refractivity contribution in [2.24, 2.45) is 0 Å². The summed E-state index contributed by atoms with van der Waals surface area (Å²) in [7, 11) is 2.56. The minimum atomic E-state index is -0.720. The van der Waals surface area contributed by atoms with Gasteiger partial charge in [-0.15, -0.1) is 0 Å². The first-order valence-electron chi connectivity index (χ1n) is 6.06. The molecule has 0 bridgehead atoms. The van der Waals surface area contributed by atoms with E-state index < -0.39 is 29.1 Å². The van der Waals surface area contributed by atoms with Gasteiger partial charge >= 0.3 is 5.97 Å². The van der Waals surface area contributed by atoms with Crippen LogP contribution in [0.3, 0.4) is 0 Å². The van der Waals surface area contributed by atoms with Crippen LogP contribution in [-0.4, -0.2) is 55.3 Å². The molecule has 0 saturated carbocycles. The van der Waals surface area contributed by atoms with Crippen molar-refractivity contribution in [1.82, 2.24) is 4.90 Å². The van der Waals surface area contributed by atoms with Crippen molar-refractivity contribution in [2.75, 3.05) is 27.3 Å². The highest BCUT2D eigenvalue weighted by Gasteiger charge is 2.19. The number of hydrogen-bond acceptors (Lipinski definition) is 7. The largest absolute Gasteiger partial charge is 0.483 e. The molecule has 0 radical (unpaired) electrons. The third kappa shape index (κ3) is 4.27. The molecule has 1 rings (SSSR count). The van der Waals surface area contributed by atoms with Gasteiger partial charge < -0.3 is 14.4 Å². The van der Waals surface area contributed by atoms with Crippen LogP contribution in [0.15, 0.2) is 18.2 Å². The number of rotatable bonds is 7. The number of aldehydes is 1. The van der Waals surface area contributed by atoms with Crippen molar-refractivity contribution >= 4 is 23.9 Å². The van der Waals surface area contributed by atoms with Gasteiger partial charge in [-0.2, -0.15) is 0 Å². The molecular formula is C13H14N2O7. The van der Waals surface area contributed by atoms with Crippen LogP contribution in [-0.2, 0) is 14.3 Å². The van der Waals surface area contributed by atoms with Crippen LogP contribution in [0.2, 0.25) is 0 Å². The summed E-state index contributed by atoms with van der Waals surface area (Å²) in [4.78, 5) is 44.9. The zero-order valence-electron chi connectivity index (χ0n) is 12.0. The second-order valence-electron chi connectivity index (χ2n) is 4.18. The van der Waals surface area contributed by atoms with Crippen LogP contribution >= 0.6 is 0 Å². The van der Waals surface area contributed by atoms with E-state index in [1.165, 1.54) is 26.3 Å². The van der Waals surface area contributed by atoms with Crippen LogP contribution < -0.4 is 4.74 Å². The highest BCUT2D eigenvalue weighted by molar-refractivity contribution is 5.86. The van der Waals surface area contributed by atoms with Crippen molar-refractivity contribution in [3.63, 3.8) is 0 Å². The standard InChI is InChI=1S/C13H14N2O7/c1-14(6-13(18)21-2)12(17)8-22-11-5-3-4-10(15(19)20)9(11)7-16/h3-5,7H,6,8H2,1-2H3. The molecule has 0 saturated heterocycles. The Morgan fingerprint density at radius 2 is 2.09 bits per heavy atom. The fourth-order valence-corrected chi connectivity index (χ4v) is 1.53. The summed E-state index contributed by atoms with van der Waals surface area (Å²) in [5, 5.41) is 10.8. The summed E-state index contributed by atoms with van der Waals surface area (Å²) >= 11 is 0. The van der Waals surface area contributed by atoms with E-state index in [0.717, 1.165) is 11.0 Å². The van der Waals surface area contributed by atoms with Crippen LogP contribution in [0.25, 0.3) is 0 Å². The predicted octanol–water partition coefficient (Wildman–Crippen LogP) is 0.417. The first-order valence-corrected chi connectivity index (χ1v) is 6.06. The van der Waals surface area contributed by atoms with Crippen LogP contribution in [0.1, 0.15) is 10.4 Å². The Bertz CT molecular complexity index is 600. The van der Waals surface area contributed by atoms with Gasteiger partial charge in [0.25, 0.3) is 11.6 Å². The molecule has 9 nitrogen and oxygen atoms in total. The molecule has 0 spiro atoms. The summed E-state index contributed by atoms with van der Waals surface area (Å²) in [6.07, 6.45) is 0.288. The number of carbonyl (C=O) groups excluding carboxylic acids is 3. The molecule has 0 heterocycles. The number of likely N-dealkylation sites (N-methyl/N-ethyl adjacent to an activating group) is 1. The van der Waals surface area contributed by atoms with E-state index >= 15 is 0 Å². The van der Waals surface area contributed by atoms with Crippen molar-refractivity contribution in [1.29, 1.82) is 0 Å². The van der Waals surface area contributed by atoms with E-state index in [1.54, 1.807) is 0 Å². The first kappa shape index (κ1) is 17.1. The SMILES string of the molecule is COC(=O)CN(C)C(=O)COc1cccc([N+](=O)[O-])c1C=O. The van der Waals surface area contributed by atoms with Crippen molar-refractivity contribution in [3.8, 4) is 5.75 Å². The lowest BCUT2D eigenvalue weighted by Gasteiger charge is -2.16. The maximum absolute atomic E-state index is 11.8. The summed E-state index contributed by atoms with van der Waals surface area (Å²) in [6.45, 7) is -0.732. The molecule has 22 heavy (non-hydrogen) atoms. The molecule has 1 aromatic rings. The molecule has 118 valence electrons. The van der Waals surface area contributed by atoms with Gasteiger partial charge in [0.1, 0.15) is 17.9 Å². The number of esters is 1. The Morgan fingerprint density at radius 3 is 2.64 bits per heavy atom. The molecule has 0 aromatic heterocycles. The summed E-state index contributed by atoms with van der Waals surface area (Å²) in [5.41, 5.74) is -0.668. The number of carbonyl (C=O) groups is 3. The smallest absolute Gasteiger partial charge is 0.325 e. The van der Waals surface area contributed by atoms with Crippen molar-refractivity contribution < 1.29 is 28.8 Å². The van der Waals surface area contributed by atoms with Crippen LogP contribution in [0.5, 0.6) is 5.75 Å². The number of amides is 1. The highest BCUT2D eigenvalue weighted by Crippen LogP contribution is 2.26. The monoisotopic (exact) mass is 310 g/mol. The van der Waals surface area contributed by atoms with E-state index in [4.69, 9.17) is 4.74 Å². The normalized spacial score (nSPS) is 9.73. The minimum Gasteiger partial charge on any atom is -0.483 e. The van der Waals surface area contributed by atoms with Gasteiger partial charge in [0.15, 0.2) is 12.9 Å². The second-order valence-corrected chi connectivity index (χ2v) is 4.18. The summed E-state index contributed by atoms with van der Waals surface area (Å²) in [5.74, 6) is -1.22. The second kappa shape index (κ2) is 7.72. The van der Waals surface area contributed by atoms with E-state index in [0.29, 0.717) is 0 Å². The molecule has 0 unspecified atom stereocenters. The van der Waals surface area contributed by atoms with Crippen molar-refractivity contribution in [2.45, 2.75) is 0 Å². The van der Waals surface area contributed by atoms with Crippen LogP contribution in [0.4, 0.5) is 5.69 Å². The fraction of sp³-hybridized carbons (Fsp3) is 0.308. The van der Waals surface area contributed by atoms with Gasteiger partial charge in [0.2, 0.25) is 0 Å². The first-order chi connectivity index (χ1) is 10.4. The van der Waals surface area contributed by atoms with E-state index in [1.807, 2.05) is 0 Å². The third-order valence-corrected chi connectivity index (χ3v) is 2.73. The molecule has 0 aliphatic carbocycles. The summed E-state index contributed by atoms with van der Waals surface area (Å²) in [6, 6.07) is 3.83. The molecule has 0 aliphatic rings. The Balaban J connectivity index is 2.78. The average Bonchev–Trinajstić information content (AvgIpc) is 2.51. The summed E-state index contributed by atoms with van der Waals surface area (Å²) < 4.78 is 9.56. The number of hydrogen-bond donors (Lipinski definition) is 0. The van der Waals surface area contributed by atoms with Gasteiger partial charge in [-0.25, -0.2) is 0 Å². The number of nitro benzene ring substituents is 1. The quantitative estimate of drug-likeness (QED) is 0.310. The van der Waals surface area contributed by atoms with E-state index in [2.05, 4.69) is 4.74 Å². The molecule has 9 heteroatoms. The van der Waals surface area contributed by atoms with Gasteiger partial charge in [0.05, 0.1) is 12.0 Å². The Hall–Kier alpha value is -2.97. The molecule has 0 atom stereocenters. The maximum Gasteiger partial charge on any atom is 0.325 e. The molecule has 0 fully saturated rings. The van der Waals surface area contributed by atoms with Crippen molar-refractivity contribution in [3.05, 3.63) is 33.9 Å². The molecule has 0 N–H and O–H groups in total. The minimum absolute atomic E-state index is 0.0796. The number of nitrogens with zero attached hydrogens (tertiary/aromatic N) is 2. The molecular weight excluding hydrogens is 296 g/mol. The predicted molar refractivity (Wildman–Crippen MR) is 73.6 cm³/mol. The third-order valence-electron chi connectivity index (χ3n) is 2.73. The lowest BCUT2D eigenvalue weighted by Crippen LogP contribution is -2.36. The highest BCUT2D eigenvalue weighted by atomic mass is 16.6. The molecule has 0 aliphatic heterocycles. The van der Waals surface area contributed by atoms with Gasteiger partial charge in [-0.1, -0.05) is 6.07 Å². The maximum atomic E-state index is 11.8. The zero-order valence-corrected chi connectivity index (χ0v) is 12.0. The van der Waals surface area contributed by atoms with E-state index in [-0.39, 0.29) is 24.1 Å². The Labute approximate surface area is 125 Å². The number of nitro groups is 1. The van der Waals surface area contributed by atoms with E-state index in [9.17, 15) is 24.5 Å². The molecule has 1 aromatic carbocycles. The zero-order chi connectivity index (χ0) is 16.7. The Morgan fingerprint density at radius 1 is 1.41 bits per heavy atom. The number of benzene rings is 1. The fourth-order valence-electron chi connectivity index (χ4n) is 1.53. The Kier molecular flexibility index (Phi) is 5.99. The van der Waals surface area contributed by atoms with Gasteiger partial charge in [-0.05, 0) is 6.07 Å². The van der Waals surface area contributed by atoms with Crippen LogP contribution in [0, 0.1) is 10.1 Å².